The molecule has 0 saturated carbocycles. The van der Waals surface area contributed by atoms with E-state index in [4.69, 9.17) is 0 Å². The van der Waals surface area contributed by atoms with Crippen LogP contribution in [0.2, 0.25) is 0 Å². The van der Waals surface area contributed by atoms with Crippen LogP contribution < -0.4 is 0 Å². The standard InChI is InChI=1S/C24H22N2.2ClH/c1-3-7-21(8-4-1)19-25-15-11-23(12-16-25)24-13-17-26(18-14-24)20-22-9-5-2-6-10-22;;/h1-18H,19-20H2;2*1H. The first-order valence-corrected chi connectivity index (χ1v) is 8.93. The highest BCUT2D eigenvalue weighted by Gasteiger charge is 2.07. The van der Waals surface area contributed by atoms with E-state index in [2.05, 4.69) is 120 Å². The van der Waals surface area contributed by atoms with Gasteiger partial charge in [0.15, 0.2) is 0 Å². The molecular weight excluding hydrogens is 387 g/mol. The van der Waals surface area contributed by atoms with Crippen molar-refractivity contribution in [2.75, 3.05) is 0 Å². The summed E-state index contributed by atoms with van der Waals surface area (Å²) in [5, 5.41) is 0. The van der Waals surface area contributed by atoms with Crippen molar-refractivity contribution in [1.29, 1.82) is 0 Å². The highest BCUT2D eigenvalue weighted by Crippen LogP contribution is 2.21. The van der Waals surface area contributed by atoms with Gasteiger partial charge in [-0.1, -0.05) is 60.7 Å². The van der Waals surface area contributed by atoms with E-state index in [-0.39, 0.29) is 24.8 Å². The van der Waals surface area contributed by atoms with E-state index in [1.165, 1.54) is 22.3 Å². The fraction of sp³-hybridized carbons (Fsp3) is 0.0833. The highest BCUT2D eigenvalue weighted by atomic mass is 35.5. The maximum atomic E-state index is 2.21. The van der Waals surface area contributed by atoms with Crippen LogP contribution in [0.5, 0.6) is 0 Å². The van der Waals surface area contributed by atoms with Gasteiger partial charge in [0.25, 0.3) is 0 Å². The third-order valence-electron chi connectivity index (χ3n) is 4.53. The molecule has 4 heteroatoms. The average Bonchev–Trinajstić information content (AvgIpc) is 2.71. The van der Waals surface area contributed by atoms with Crippen molar-refractivity contribution in [3.05, 3.63) is 132 Å². The first-order chi connectivity index (χ1) is 12.9. The predicted molar refractivity (Wildman–Crippen MR) is 122 cm³/mol. The van der Waals surface area contributed by atoms with E-state index in [9.17, 15) is 0 Å². The Morgan fingerprint density at radius 1 is 0.464 bits per heavy atom. The lowest BCUT2D eigenvalue weighted by Crippen LogP contribution is -2.13. The molecule has 0 saturated heterocycles. The summed E-state index contributed by atoms with van der Waals surface area (Å²) >= 11 is 0. The molecule has 144 valence electrons. The quantitative estimate of drug-likeness (QED) is 0.590. The molecule has 0 amide bonds. The van der Waals surface area contributed by atoms with Crippen LogP contribution >= 0.6 is 24.8 Å². The van der Waals surface area contributed by atoms with Gasteiger partial charge < -0.3 is 9.80 Å². The normalized spacial score (nSPS) is 14.7. The molecule has 0 bridgehead atoms. The number of rotatable bonds is 4. The Balaban J connectivity index is 0.00000140. The van der Waals surface area contributed by atoms with Crippen molar-refractivity contribution in [3.63, 3.8) is 0 Å². The van der Waals surface area contributed by atoms with E-state index in [1.54, 1.807) is 0 Å². The maximum absolute atomic E-state index is 2.21. The molecule has 0 aromatic heterocycles. The summed E-state index contributed by atoms with van der Waals surface area (Å²) in [4.78, 5) is 4.41. The minimum absolute atomic E-state index is 0. The molecule has 0 N–H and O–H groups in total. The van der Waals surface area contributed by atoms with Crippen LogP contribution in [0.1, 0.15) is 11.1 Å². The van der Waals surface area contributed by atoms with Crippen LogP contribution in [-0.4, -0.2) is 9.80 Å². The van der Waals surface area contributed by atoms with Crippen molar-refractivity contribution in [2.45, 2.75) is 13.1 Å². The molecule has 0 aliphatic carbocycles. The predicted octanol–water partition coefficient (Wildman–Crippen LogP) is 6.21. The summed E-state index contributed by atoms with van der Waals surface area (Å²) in [5.41, 5.74) is 5.10. The zero-order chi connectivity index (χ0) is 17.6. The van der Waals surface area contributed by atoms with Crippen LogP contribution in [0.25, 0.3) is 0 Å². The molecule has 0 fully saturated rings. The minimum Gasteiger partial charge on any atom is -0.350 e. The Morgan fingerprint density at radius 2 is 0.786 bits per heavy atom. The molecule has 0 radical (unpaired) electrons. The lowest BCUT2D eigenvalue weighted by molar-refractivity contribution is 0.495. The van der Waals surface area contributed by atoms with Gasteiger partial charge in [0.1, 0.15) is 0 Å². The Labute approximate surface area is 179 Å². The number of allylic oxidation sites excluding steroid dienone is 6. The summed E-state index contributed by atoms with van der Waals surface area (Å²) < 4.78 is 0. The molecule has 0 atom stereocenters. The number of nitrogens with zero attached hydrogens (tertiary/aromatic N) is 2. The summed E-state index contributed by atoms with van der Waals surface area (Å²) in [6.45, 7) is 1.79. The van der Waals surface area contributed by atoms with Gasteiger partial charge in [0.2, 0.25) is 0 Å². The summed E-state index contributed by atoms with van der Waals surface area (Å²) in [6.07, 6.45) is 17.3. The summed E-state index contributed by atoms with van der Waals surface area (Å²) in [5.74, 6) is 0. The Morgan fingerprint density at radius 3 is 1.11 bits per heavy atom. The lowest BCUT2D eigenvalue weighted by Gasteiger charge is -2.22. The van der Waals surface area contributed by atoms with Gasteiger partial charge in [-0.05, 0) is 46.6 Å². The second-order valence-corrected chi connectivity index (χ2v) is 6.49. The average molecular weight is 411 g/mol. The van der Waals surface area contributed by atoms with E-state index in [1.807, 2.05) is 0 Å². The molecule has 0 spiro atoms. The molecule has 28 heavy (non-hydrogen) atoms. The zero-order valence-corrected chi connectivity index (χ0v) is 17.2. The van der Waals surface area contributed by atoms with Gasteiger partial charge in [-0.3, -0.25) is 0 Å². The number of hydrogen-bond donors (Lipinski definition) is 0. The van der Waals surface area contributed by atoms with Crippen molar-refractivity contribution in [3.8, 4) is 0 Å². The molecule has 2 aromatic carbocycles. The van der Waals surface area contributed by atoms with Crippen LogP contribution in [0, 0.1) is 0 Å². The van der Waals surface area contributed by atoms with E-state index < -0.39 is 0 Å². The largest absolute Gasteiger partial charge is 0.350 e. The molecule has 2 aliphatic rings. The monoisotopic (exact) mass is 410 g/mol. The summed E-state index contributed by atoms with van der Waals surface area (Å²) in [6, 6.07) is 21.1. The lowest BCUT2D eigenvalue weighted by atomic mass is 10.0. The third-order valence-corrected chi connectivity index (χ3v) is 4.53. The van der Waals surface area contributed by atoms with E-state index in [0.29, 0.717) is 0 Å². The van der Waals surface area contributed by atoms with Gasteiger partial charge in [0, 0.05) is 37.9 Å². The fourth-order valence-electron chi connectivity index (χ4n) is 3.10. The minimum atomic E-state index is 0. The maximum Gasteiger partial charge on any atom is 0.0470 e. The molecular formula is C24H24Cl2N2. The van der Waals surface area contributed by atoms with Crippen LogP contribution in [0.4, 0.5) is 0 Å². The van der Waals surface area contributed by atoms with Gasteiger partial charge >= 0.3 is 0 Å². The number of benzene rings is 2. The first-order valence-electron chi connectivity index (χ1n) is 8.93. The summed E-state index contributed by atoms with van der Waals surface area (Å²) in [7, 11) is 0. The zero-order valence-electron chi connectivity index (χ0n) is 15.5. The van der Waals surface area contributed by atoms with Crippen molar-refractivity contribution < 1.29 is 0 Å². The molecule has 4 rings (SSSR count). The fourth-order valence-corrected chi connectivity index (χ4v) is 3.10. The Bertz CT molecular complexity index is 789. The van der Waals surface area contributed by atoms with Crippen molar-refractivity contribution in [2.24, 2.45) is 0 Å². The van der Waals surface area contributed by atoms with Crippen molar-refractivity contribution in [1.82, 2.24) is 9.80 Å². The SMILES string of the molecule is C1=CN(Cc2ccccc2)C=CC1=C1C=CN(Cc2ccccc2)C=C1.Cl.Cl. The Hall–Kier alpha value is -2.68. The highest BCUT2D eigenvalue weighted by molar-refractivity contribution is 5.85. The van der Waals surface area contributed by atoms with E-state index in [0.717, 1.165) is 13.1 Å². The van der Waals surface area contributed by atoms with Gasteiger partial charge in [-0.15, -0.1) is 24.8 Å². The molecule has 2 aliphatic heterocycles. The van der Waals surface area contributed by atoms with Crippen LogP contribution in [-0.2, 0) is 13.1 Å². The second kappa shape index (κ2) is 10.6. The van der Waals surface area contributed by atoms with Crippen LogP contribution in [0.15, 0.2) is 121 Å². The molecule has 2 aromatic rings. The number of halogens is 2. The third kappa shape index (κ3) is 5.66. The van der Waals surface area contributed by atoms with E-state index >= 15 is 0 Å². The molecule has 2 nitrogen and oxygen atoms in total. The van der Waals surface area contributed by atoms with Gasteiger partial charge in [-0.2, -0.15) is 0 Å². The second-order valence-electron chi connectivity index (χ2n) is 6.49. The van der Waals surface area contributed by atoms with Crippen LogP contribution in [0.3, 0.4) is 0 Å². The first kappa shape index (κ1) is 21.6. The molecule has 2 heterocycles. The van der Waals surface area contributed by atoms with Gasteiger partial charge in [0.05, 0.1) is 0 Å². The smallest absolute Gasteiger partial charge is 0.0470 e. The number of hydrogen-bond acceptors (Lipinski definition) is 2. The topological polar surface area (TPSA) is 6.48 Å². The van der Waals surface area contributed by atoms with Crippen molar-refractivity contribution >= 4 is 24.8 Å². The van der Waals surface area contributed by atoms with Gasteiger partial charge in [-0.25, -0.2) is 0 Å². The molecule has 0 unspecified atom stereocenters. The Kier molecular flexibility index (Phi) is 8.19.